The van der Waals surface area contributed by atoms with E-state index in [2.05, 4.69) is 5.92 Å². The maximum Gasteiger partial charge on any atom is 0.198 e. The van der Waals surface area contributed by atoms with E-state index in [0.717, 1.165) is 12.2 Å². The van der Waals surface area contributed by atoms with Gasteiger partial charge in [-0.3, -0.25) is 4.79 Å². The van der Waals surface area contributed by atoms with E-state index in [0.29, 0.717) is 18.6 Å². The van der Waals surface area contributed by atoms with E-state index in [9.17, 15) is 4.79 Å². The van der Waals surface area contributed by atoms with Crippen LogP contribution in [-0.4, -0.2) is 5.78 Å². The van der Waals surface area contributed by atoms with Gasteiger partial charge in [0.25, 0.3) is 0 Å². The Morgan fingerprint density at radius 2 is 2.38 bits per heavy atom. The van der Waals surface area contributed by atoms with Crippen LogP contribution in [0, 0.1) is 19.3 Å². The molecule has 0 aliphatic heterocycles. The fourth-order valence-electron chi connectivity index (χ4n) is 1.06. The lowest BCUT2D eigenvalue weighted by atomic mass is 10.1. The van der Waals surface area contributed by atoms with Gasteiger partial charge in [0.2, 0.25) is 0 Å². The van der Waals surface area contributed by atoms with Crippen LogP contribution >= 0.6 is 0 Å². The monoisotopic (exact) mass is 176 g/mol. The quantitative estimate of drug-likeness (QED) is 0.401. The van der Waals surface area contributed by atoms with Crippen LogP contribution in [0.2, 0.25) is 0 Å². The molecule has 0 spiro atoms. The summed E-state index contributed by atoms with van der Waals surface area (Å²) in [7, 11) is 0. The minimum absolute atomic E-state index is 0.0309. The van der Waals surface area contributed by atoms with E-state index in [4.69, 9.17) is 10.8 Å². The predicted octanol–water partition coefficient (Wildman–Crippen LogP) is 2.57. The zero-order valence-electron chi connectivity index (χ0n) is 7.67. The molecule has 0 unspecified atom stereocenters. The highest BCUT2D eigenvalue weighted by atomic mass is 16.3. The average molecular weight is 176 g/mol. The van der Waals surface area contributed by atoms with Gasteiger partial charge >= 0.3 is 0 Å². The molecule has 1 aromatic heterocycles. The topological polar surface area (TPSA) is 30.2 Å². The SMILES string of the molecule is C#CCCCC(=O)c1ccc(C)o1. The summed E-state index contributed by atoms with van der Waals surface area (Å²) in [5.74, 6) is 3.73. The number of rotatable bonds is 4. The number of aryl methyl sites for hydroxylation is 1. The highest BCUT2D eigenvalue weighted by Gasteiger charge is 2.08. The molecule has 0 aromatic carbocycles. The van der Waals surface area contributed by atoms with Crippen LogP contribution in [-0.2, 0) is 0 Å². The summed E-state index contributed by atoms with van der Waals surface area (Å²) in [5, 5.41) is 0. The molecular formula is C11H12O2. The third-order valence-electron chi connectivity index (χ3n) is 1.74. The molecule has 0 aliphatic carbocycles. The number of hydrogen-bond donors (Lipinski definition) is 0. The number of furan rings is 1. The average Bonchev–Trinajstić information content (AvgIpc) is 2.52. The molecule has 0 aliphatic rings. The maximum atomic E-state index is 11.4. The number of hydrogen-bond acceptors (Lipinski definition) is 2. The number of ketones is 1. The Kier molecular flexibility index (Phi) is 3.33. The highest BCUT2D eigenvalue weighted by molar-refractivity contribution is 5.93. The molecule has 1 heterocycles. The molecule has 0 N–H and O–H groups in total. The zero-order chi connectivity index (χ0) is 9.68. The molecular weight excluding hydrogens is 164 g/mol. The molecule has 0 atom stereocenters. The first-order chi connectivity index (χ1) is 6.24. The Morgan fingerprint density at radius 1 is 1.62 bits per heavy atom. The number of carbonyl (C=O) groups excluding carboxylic acids is 1. The first-order valence-corrected chi connectivity index (χ1v) is 4.27. The number of unbranched alkanes of at least 4 members (excludes halogenated alkanes) is 1. The Morgan fingerprint density at radius 3 is 2.92 bits per heavy atom. The summed E-state index contributed by atoms with van der Waals surface area (Å²) in [6, 6.07) is 3.49. The first-order valence-electron chi connectivity index (χ1n) is 4.27. The normalized spacial score (nSPS) is 9.54. The van der Waals surface area contributed by atoms with E-state index < -0.39 is 0 Å². The van der Waals surface area contributed by atoms with Crippen LogP contribution in [0.1, 0.15) is 35.6 Å². The van der Waals surface area contributed by atoms with Crippen molar-refractivity contribution >= 4 is 5.78 Å². The van der Waals surface area contributed by atoms with E-state index in [1.54, 1.807) is 12.1 Å². The summed E-state index contributed by atoms with van der Waals surface area (Å²) >= 11 is 0. The van der Waals surface area contributed by atoms with Crippen LogP contribution in [0.25, 0.3) is 0 Å². The van der Waals surface area contributed by atoms with Crippen molar-refractivity contribution in [2.24, 2.45) is 0 Å². The summed E-state index contributed by atoms with van der Waals surface area (Å²) < 4.78 is 5.17. The Balaban J connectivity index is 2.45. The Hall–Kier alpha value is -1.49. The van der Waals surface area contributed by atoms with Gasteiger partial charge in [-0.05, 0) is 25.5 Å². The zero-order valence-corrected chi connectivity index (χ0v) is 7.67. The van der Waals surface area contributed by atoms with Crippen LogP contribution in [0.5, 0.6) is 0 Å². The van der Waals surface area contributed by atoms with E-state index >= 15 is 0 Å². The largest absolute Gasteiger partial charge is 0.458 e. The standard InChI is InChI=1S/C11H12O2/c1-3-4-5-6-10(12)11-8-7-9(2)13-11/h1,7-8H,4-6H2,2H3. The molecule has 0 amide bonds. The van der Waals surface area contributed by atoms with Gasteiger partial charge in [0, 0.05) is 12.8 Å². The van der Waals surface area contributed by atoms with E-state index in [1.807, 2.05) is 6.92 Å². The summed E-state index contributed by atoms with van der Waals surface area (Å²) in [5.41, 5.74) is 0. The Bertz CT molecular complexity index is 328. The van der Waals surface area contributed by atoms with Crippen molar-refractivity contribution in [3.8, 4) is 12.3 Å². The molecule has 13 heavy (non-hydrogen) atoms. The third kappa shape index (κ3) is 2.79. The lowest BCUT2D eigenvalue weighted by molar-refractivity contribution is 0.0952. The van der Waals surface area contributed by atoms with Crippen molar-refractivity contribution in [2.45, 2.75) is 26.2 Å². The van der Waals surface area contributed by atoms with Gasteiger partial charge in [-0.2, -0.15) is 0 Å². The maximum absolute atomic E-state index is 11.4. The fraction of sp³-hybridized carbons (Fsp3) is 0.364. The molecule has 1 aromatic rings. The second-order valence-electron chi connectivity index (χ2n) is 2.89. The molecule has 0 bridgehead atoms. The second kappa shape index (κ2) is 4.51. The van der Waals surface area contributed by atoms with Gasteiger partial charge in [-0.15, -0.1) is 12.3 Å². The second-order valence-corrected chi connectivity index (χ2v) is 2.89. The van der Waals surface area contributed by atoms with Crippen molar-refractivity contribution in [3.63, 3.8) is 0 Å². The summed E-state index contributed by atoms with van der Waals surface area (Å²) in [6.45, 7) is 1.82. The number of carbonyl (C=O) groups is 1. The predicted molar refractivity (Wildman–Crippen MR) is 50.5 cm³/mol. The van der Waals surface area contributed by atoms with Gasteiger partial charge in [-0.25, -0.2) is 0 Å². The van der Waals surface area contributed by atoms with E-state index in [-0.39, 0.29) is 5.78 Å². The minimum Gasteiger partial charge on any atom is -0.458 e. The molecule has 2 heteroatoms. The van der Waals surface area contributed by atoms with Crippen LogP contribution < -0.4 is 0 Å². The first kappa shape index (κ1) is 9.60. The van der Waals surface area contributed by atoms with Crippen LogP contribution in [0.3, 0.4) is 0 Å². The fourth-order valence-corrected chi connectivity index (χ4v) is 1.06. The smallest absolute Gasteiger partial charge is 0.198 e. The van der Waals surface area contributed by atoms with E-state index in [1.165, 1.54) is 0 Å². The van der Waals surface area contributed by atoms with Gasteiger partial charge in [0.05, 0.1) is 0 Å². The minimum atomic E-state index is 0.0309. The molecule has 0 saturated carbocycles. The van der Waals surface area contributed by atoms with Gasteiger partial charge in [0.15, 0.2) is 11.5 Å². The van der Waals surface area contributed by atoms with Crippen LogP contribution in [0.15, 0.2) is 16.5 Å². The van der Waals surface area contributed by atoms with Gasteiger partial charge in [-0.1, -0.05) is 0 Å². The molecule has 1 rings (SSSR count). The van der Waals surface area contributed by atoms with Crippen molar-refractivity contribution in [1.29, 1.82) is 0 Å². The number of Topliss-reactive ketones (excluding diaryl/α,β-unsaturated/α-hetero) is 1. The molecule has 0 fully saturated rings. The Labute approximate surface area is 77.9 Å². The molecule has 0 radical (unpaired) electrons. The van der Waals surface area contributed by atoms with Crippen molar-refractivity contribution in [2.75, 3.05) is 0 Å². The van der Waals surface area contributed by atoms with Gasteiger partial charge < -0.3 is 4.42 Å². The van der Waals surface area contributed by atoms with Crippen molar-refractivity contribution in [3.05, 3.63) is 23.7 Å². The lowest BCUT2D eigenvalue weighted by Gasteiger charge is -1.93. The summed E-state index contributed by atoms with van der Waals surface area (Å²) in [4.78, 5) is 11.4. The lowest BCUT2D eigenvalue weighted by Crippen LogP contribution is -1.96. The number of terminal acetylenes is 1. The summed E-state index contributed by atoms with van der Waals surface area (Å²) in [6.07, 6.45) is 6.92. The van der Waals surface area contributed by atoms with Crippen LogP contribution in [0.4, 0.5) is 0 Å². The van der Waals surface area contributed by atoms with Crippen molar-refractivity contribution in [1.82, 2.24) is 0 Å². The van der Waals surface area contributed by atoms with Crippen molar-refractivity contribution < 1.29 is 9.21 Å². The third-order valence-corrected chi connectivity index (χ3v) is 1.74. The molecule has 2 nitrogen and oxygen atoms in total. The van der Waals surface area contributed by atoms with Gasteiger partial charge in [0.1, 0.15) is 5.76 Å². The molecule has 68 valence electrons. The highest BCUT2D eigenvalue weighted by Crippen LogP contribution is 2.10. The molecule has 0 saturated heterocycles.